The zero-order chi connectivity index (χ0) is 16.9. The Morgan fingerprint density at radius 1 is 1.04 bits per heavy atom. The number of methoxy groups -OCH3 is 1. The predicted molar refractivity (Wildman–Crippen MR) is 112 cm³/mol. The summed E-state index contributed by atoms with van der Waals surface area (Å²) in [6, 6.07) is 6.68. The summed E-state index contributed by atoms with van der Waals surface area (Å²) in [5.41, 5.74) is 3.98. The van der Waals surface area contributed by atoms with E-state index in [-0.39, 0.29) is 24.0 Å². The zero-order valence-corrected chi connectivity index (χ0v) is 17.7. The van der Waals surface area contributed by atoms with E-state index in [2.05, 4.69) is 54.6 Å². The molecule has 0 spiro atoms. The molecular formula is C18H32IN3O2. The molecule has 0 aliphatic heterocycles. The van der Waals surface area contributed by atoms with Crippen LogP contribution >= 0.6 is 24.0 Å². The third kappa shape index (κ3) is 10.8. The Morgan fingerprint density at radius 2 is 1.75 bits per heavy atom. The minimum Gasteiger partial charge on any atom is -0.382 e. The molecule has 0 aliphatic carbocycles. The van der Waals surface area contributed by atoms with E-state index in [1.165, 1.54) is 16.7 Å². The highest BCUT2D eigenvalue weighted by molar-refractivity contribution is 14.0. The highest BCUT2D eigenvalue weighted by Gasteiger charge is 1.99. The number of ether oxygens (including phenoxy) is 2. The first-order valence-corrected chi connectivity index (χ1v) is 8.31. The normalized spacial score (nSPS) is 11.1. The smallest absolute Gasteiger partial charge is 0.191 e. The number of aliphatic imine (C=N–C) groups is 1. The van der Waals surface area contributed by atoms with Crippen LogP contribution in [0.1, 0.15) is 23.6 Å². The van der Waals surface area contributed by atoms with Crippen LogP contribution in [-0.2, 0) is 15.9 Å². The standard InChI is InChI=1S/C18H31N3O2.HI/c1-5-19-18(21-8-9-23-11-10-22-4)20-7-6-17-13-15(2)12-16(3)14-17;/h12-14H,5-11H2,1-4H3,(H2,19,20,21);1H. The van der Waals surface area contributed by atoms with Crippen molar-refractivity contribution in [1.82, 2.24) is 10.6 Å². The Kier molecular flexibility index (Phi) is 14.0. The minimum absolute atomic E-state index is 0. The summed E-state index contributed by atoms with van der Waals surface area (Å²) in [6.45, 7) is 10.5. The summed E-state index contributed by atoms with van der Waals surface area (Å²) in [5, 5.41) is 6.62. The van der Waals surface area contributed by atoms with Crippen molar-refractivity contribution in [2.75, 3.05) is 46.6 Å². The Bertz CT molecular complexity index is 461. The van der Waals surface area contributed by atoms with Crippen LogP contribution in [0.5, 0.6) is 0 Å². The van der Waals surface area contributed by atoms with E-state index in [9.17, 15) is 0 Å². The molecule has 0 heterocycles. The van der Waals surface area contributed by atoms with E-state index in [4.69, 9.17) is 9.47 Å². The maximum atomic E-state index is 5.42. The molecule has 0 atom stereocenters. The van der Waals surface area contributed by atoms with E-state index < -0.39 is 0 Å². The molecule has 0 aromatic heterocycles. The lowest BCUT2D eigenvalue weighted by Gasteiger charge is -2.12. The Hall–Kier alpha value is -0.860. The molecule has 0 unspecified atom stereocenters. The summed E-state index contributed by atoms with van der Waals surface area (Å²) in [6.07, 6.45) is 0.983. The van der Waals surface area contributed by atoms with Crippen molar-refractivity contribution in [3.05, 3.63) is 34.9 Å². The van der Waals surface area contributed by atoms with Crippen molar-refractivity contribution in [3.8, 4) is 0 Å². The maximum Gasteiger partial charge on any atom is 0.191 e. The molecule has 138 valence electrons. The van der Waals surface area contributed by atoms with Gasteiger partial charge in [0, 0.05) is 20.2 Å². The molecule has 1 rings (SSSR count). The van der Waals surface area contributed by atoms with Gasteiger partial charge in [0.15, 0.2) is 5.96 Å². The first-order valence-electron chi connectivity index (χ1n) is 8.31. The SMILES string of the molecule is CCNC(=NCCOCCOC)NCCc1cc(C)cc(C)c1.I. The van der Waals surface area contributed by atoms with Gasteiger partial charge in [-0.2, -0.15) is 0 Å². The molecule has 0 saturated carbocycles. The van der Waals surface area contributed by atoms with Gasteiger partial charge < -0.3 is 20.1 Å². The van der Waals surface area contributed by atoms with Crippen molar-refractivity contribution >= 4 is 29.9 Å². The second kappa shape index (κ2) is 14.5. The molecule has 2 N–H and O–H groups in total. The summed E-state index contributed by atoms with van der Waals surface area (Å²) >= 11 is 0. The number of aryl methyl sites for hydroxylation is 2. The Balaban J connectivity index is 0.00000529. The zero-order valence-electron chi connectivity index (χ0n) is 15.4. The number of rotatable bonds is 10. The van der Waals surface area contributed by atoms with Crippen LogP contribution in [0.25, 0.3) is 0 Å². The predicted octanol–water partition coefficient (Wildman–Crippen LogP) is 2.68. The highest BCUT2D eigenvalue weighted by atomic mass is 127. The minimum atomic E-state index is 0. The lowest BCUT2D eigenvalue weighted by atomic mass is 10.1. The monoisotopic (exact) mass is 449 g/mol. The molecule has 1 aromatic rings. The molecule has 0 amide bonds. The third-order valence-corrected chi connectivity index (χ3v) is 3.27. The average molecular weight is 449 g/mol. The van der Waals surface area contributed by atoms with Gasteiger partial charge in [0.1, 0.15) is 0 Å². The van der Waals surface area contributed by atoms with Gasteiger partial charge in [0.25, 0.3) is 0 Å². The van der Waals surface area contributed by atoms with Gasteiger partial charge in [0.05, 0.1) is 26.4 Å². The lowest BCUT2D eigenvalue weighted by Crippen LogP contribution is -2.38. The molecule has 0 radical (unpaired) electrons. The van der Waals surface area contributed by atoms with Crippen molar-refractivity contribution in [2.24, 2.45) is 4.99 Å². The highest BCUT2D eigenvalue weighted by Crippen LogP contribution is 2.08. The summed E-state index contributed by atoms with van der Waals surface area (Å²) < 4.78 is 10.3. The molecule has 24 heavy (non-hydrogen) atoms. The molecule has 6 heteroatoms. The van der Waals surface area contributed by atoms with E-state index in [1.807, 2.05) is 0 Å². The van der Waals surface area contributed by atoms with E-state index in [0.29, 0.717) is 26.4 Å². The van der Waals surface area contributed by atoms with Crippen molar-refractivity contribution in [3.63, 3.8) is 0 Å². The van der Waals surface area contributed by atoms with E-state index in [0.717, 1.165) is 25.5 Å². The molecule has 0 aliphatic rings. The molecule has 5 nitrogen and oxygen atoms in total. The first-order chi connectivity index (χ1) is 11.2. The van der Waals surface area contributed by atoms with Crippen LogP contribution in [0.4, 0.5) is 0 Å². The maximum absolute atomic E-state index is 5.42. The number of hydrogen-bond acceptors (Lipinski definition) is 3. The van der Waals surface area contributed by atoms with Crippen LogP contribution < -0.4 is 10.6 Å². The molecule has 0 bridgehead atoms. The second-order valence-electron chi connectivity index (χ2n) is 5.54. The lowest BCUT2D eigenvalue weighted by molar-refractivity contribution is 0.0748. The fourth-order valence-corrected chi connectivity index (χ4v) is 2.35. The summed E-state index contributed by atoms with van der Waals surface area (Å²) in [7, 11) is 1.67. The third-order valence-electron chi connectivity index (χ3n) is 3.27. The topological polar surface area (TPSA) is 54.9 Å². The van der Waals surface area contributed by atoms with E-state index >= 15 is 0 Å². The molecule has 0 fully saturated rings. The molecule has 0 saturated heterocycles. The number of benzene rings is 1. The number of guanidine groups is 1. The summed E-state index contributed by atoms with van der Waals surface area (Å²) in [4.78, 5) is 4.51. The van der Waals surface area contributed by atoms with Gasteiger partial charge in [-0.1, -0.05) is 29.3 Å². The fourth-order valence-electron chi connectivity index (χ4n) is 2.35. The van der Waals surface area contributed by atoms with Crippen LogP contribution in [0, 0.1) is 13.8 Å². The van der Waals surface area contributed by atoms with Crippen molar-refractivity contribution in [2.45, 2.75) is 27.2 Å². The quantitative estimate of drug-likeness (QED) is 0.250. The number of nitrogens with zero attached hydrogens (tertiary/aromatic N) is 1. The van der Waals surface area contributed by atoms with E-state index in [1.54, 1.807) is 7.11 Å². The van der Waals surface area contributed by atoms with Gasteiger partial charge in [-0.3, -0.25) is 4.99 Å². The van der Waals surface area contributed by atoms with Gasteiger partial charge in [-0.25, -0.2) is 0 Å². The number of nitrogens with one attached hydrogen (secondary N) is 2. The Morgan fingerprint density at radius 3 is 2.38 bits per heavy atom. The number of hydrogen-bond donors (Lipinski definition) is 2. The second-order valence-corrected chi connectivity index (χ2v) is 5.54. The van der Waals surface area contributed by atoms with Gasteiger partial charge >= 0.3 is 0 Å². The van der Waals surface area contributed by atoms with Crippen molar-refractivity contribution in [1.29, 1.82) is 0 Å². The fraction of sp³-hybridized carbons (Fsp3) is 0.611. The van der Waals surface area contributed by atoms with Crippen LogP contribution in [0.2, 0.25) is 0 Å². The van der Waals surface area contributed by atoms with Gasteiger partial charge in [-0.15, -0.1) is 24.0 Å². The van der Waals surface area contributed by atoms with Crippen LogP contribution in [0.15, 0.2) is 23.2 Å². The Labute approximate surface area is 163 Å². The first kappa shape index (κ1) is 23.1. The van der Waals surface area contributed by atoms with Crippen molar-refractivity contribution < 1.29 is 9.47 Å². The average Bonchev–Trinajstić information content (AvgIpc) is 2.49. The van der Waals surface area contributed by atoms with Crippen LogP contribution in [0.3, 0.4) is 0 Å². The largest absolute Gasteiger partial charge is 0.382 e. The van der Waals surface area contributed by atoms with Gasteiger partial charge in [0.2, 0.25) is 0 Å². The summed E-state index contributed by atoms with van der Waals surface area (Å²) in [5.74, 6) is 0.840. The molecule has 1 aromatic carbocycles. The number of halogens is 1. The molecular weight excluding hydrogens is 417 g/mol. The van der Waals surface area contributed by atoms with Gasteiger partial charge in [-0.05, 0) is 32.8 Å². The van der Waals surface area contributed by atoms with Crippen LogP contribution in [-0.4, -0.2) is 52.5 Å².